The normalized spacial score (nSPS) is 47.4. The molecule has 3 aliphatic rings. The maximum Gasteiger partial charge on any atom is 0.305 e. The van der Waals surface area contributed by atoms with Crippen LogP contribution in [0.3, 0.4) is 0 Å². The quantitative estimate of drug-likeness (QED) is 0.689. The first kappa shape index (κ1) is 7.80. The maximum absolute atomic E-state index is 10.8. The Morgan fingerprint density at radius 2 is 2.46 bits per heavy atom. The molecule has 0 bridgehead atoms. The second-order valence-electron chi connectivity index (χ2n) is 4.83. The molecule has 0 aromatic rings. The second-order valence-corrected chi connectivity index (χ2v) is 4.83. The molecule has 0 spiro atoms. The highest BCUT2D eigenvalue weighted by atomic mass is 16.4. The van der Waals surface area contributed by atoms with Gasteiger partial charge in [0.15, 0.2) is 0 Å². The molecule has 3 unspecified atom stereocenters. The van der Waals surface area contributed by atoms with Crippen LogP contribution in [-0.2, 0) is 4.79 Å². The first-order valence-electron chi connectivity index (χ1n) is 5.19. The molecule has 0 radical (unpaired) electrons. The average Bonchev–Trinajstić information content (AvgIpc) is 2.59. The van der Waals surface area contributed by atoms with Crippen LogP contribution in [0.4, 0.5) is 0 Å². The van der Waals surface area contributed by atoms with E-state index in [0.717, 1.165) is 24.8 Å². The molecule has 72 valence electrons. The van der Waals surface area contributed by atoms with Gasteiger partial charge >= 0.3 is 5.97 Å². The van der Waals surface area contributed by atoms with Crippen molar-refractivity contribution in [2.75, 3.05) is 13.1 Å². The van der Waals surface area contributed by atoms with Crippen LogP contribution < -0.4 is 0 Å². The third-order valence-corrected chi connectivity index (χ3v) is 4.19. The molecule has 3 rings (SSSR count). The van der Waals surface area contributed by atoms with Crippen molar-refractivity contribution in [3.05, 3.63) is 0 Å². The predicted molar refractivity (Wildman–Crippen MR) is 47.4 cm³/mol. The Balaban J connectivity index is 1.88. The van der Waals surface area contributed by atoms with Crippen molar-refractivity contribution in [1.82, 2.24) is 4.90 Å². The monoisotopic (exact) mass is 181 g/mol. The smallest absolute Gasteiger partial charge is 0.305 e. The molecule has 1 N–H and O–H groups in total. The minimum Gasteiger partial charge on any atom is -0.481 e. The predicted octanol–water partition coefficient (Wildman–Crippen LogP) is 0.945. The molecule has 13 heavy (non-hydrogen) atoms. The summed E-state index contributed by atoms with van der Waals surface area (Å²) in [6.07, 6.45) is 4.01. The van der Waals surface area contributed by atoms with Gasteiger partial charge in [-0.25, -0.2) is 0 Å². The summed E-state index contributed by atoms with van der Waals surface area (Å²) in [4.78, 5) is 13.3. The van der Waals surface area contributed by atoms with Gasteiger partial charge in [-0.2, -0.15) is 0 Å². The molecular weight excluding hydrogens is 166 g/mol. The van der Waals surface area contributed by atoms with E-state index in [4.69, 9.17) is 5.11 Å². The van der Waals surface area contributed by atoms with Crippen LogP contribution in [-0.4, -0.2) is 34.6 Å². The lowest BCUT2D eigenvalue weighted by molar-refractivity contribution is -0.140. The van der Waals surface area contributed by atoms with E-state index >= 15 is 0 Å². The molecule has 0 aromatic carbocycles. The number of carbonyl (C=O) groups is 1. The number of fused-ring (bicyclic) bond motifs is 3. The Labute approximate surface area is 77.7 Å². The summed E-state index contributed by atoms with van der Waals surface area (Å²) in [5, 5.41) is 8.93. The topological polar surface area (TPSA) is 40.5 Å². The van der Waals surface area contributed by atoms with Crippen molar-refractivity contribution in [3.63, 3.8) is 0 Å². The first-order chi connectivity index (χ1) is 6.22. The minimum absolute atomic E-state index is 0.0938. The Bertz CT molecular complexity index is 266. The van der Waals surface area contributed by atoms with Crippen molar-refractivity contribution in [2.45, 2.75) is 31.2 Å². The van der Waals surface area contributed by atoms with Gasteiger partial charge in [0.2, 0.25) is 0 Å². The number of piperidine rings is 1. The summed E-state index contributed by atoms with van der Waals surface area (Å²) >= 11 is 0. The van der Waals surface area contributed by atoms with Gasteiger partial charge in [0.1, 0.15) is 0 Å². The molecular formula is C10H15NO2. The lowest BCUT2D eigenvalue weighted by Gasteiger charge is -2.33. The molecule has 1 saturated carbocycles. The van der Waals surface area contributed by atoms with E-state index < -0.39 is 5.97 Å². The summed E-state index contributed by atoms with van der Waals surface area (Å²) in [6.45, 7) is 2.32. The molecule has 3 fully saturated rings. The molecule has 2 saturated heterocycles. The fourth-order valence-corrected chi connectivity index (χ4v) is 3.63. The number of rotatable bonds is 2. The van der Waals surface area contributed by atoms with Crippen LogP contribution >= 0.6 is 0 Å². The number of hydrogen-bond acceptors (Lipinski definition) is 2. The second kappa shape index (κ2) is 2.27. The van der Waals surface area contributed by atoms with E-state index in [2.05, 4.69) is 4.90 Å². The maximum atomic E-state index is 10.8. The fraction of sp³-hybridized carbons (Fsp3) is 0.900. The largest absolute Gasteiger partial charge is 0.481 e. The van der Waals surface area contributed by atoms with Crippen molar-refractivity contribution in [1.29, 1.82) is 0 Å². The summed E-state index contributed by atoms with van der Waals surface area (Å²) in [5.41, 5.74) is 0.0938. The van der Waals surface area contributed by atoms with Crippen LogP contribution in [0.1, 0.15) is 25.7 Å². The van der Waals surface area contributed by atoms with Crippen molar-refractivity contribution >= 4 is 5.97 Å². The highest BCUT2D eigenvalue weighted by Gasteiger charge is 2.63. The van der Waals surface area contributed by atoms with Crippen LogP contribution in [0.25, 0.3) is 0 Å². The number of carboxylic acid groups (broad SMARTS) is 1. The van der Waals surface area contributed by atoms with E-state index in [1.807, 2.05) is 0 Å². The first-order valence-corrected chi connectivity index (χ1v) is 5.19. The van der Waals surface area contributed by atoms with Gasteiger partial charge in [-0.3, -0.25) is 9.69 Å². The van der Waals surface area contributed by atoms with Crippen LogP contribution in [0.2, 0.25) is 0 Å². The van der Waals surface area contributed by atoms with E-state index in [1.165, 1.54) is 19.4 Å². The molecule has 3 atom stereocenters. The Morgan fingerprint density at radius 1 is 1.62 bits per heavy atom. The third kappa shape index (κ3) is 0.909. The minimum atomic E-state index is -0.612. The van der Waals surface area contributed by atoms with E-state index in [-0.39, 0.29) is 5.54 Å². The van der Waals surface area contributed by atoms with E-state index in [9.17, 15) is 4.79 Å². The van der Waals surface area contributed by atoms with Gasteiger partial charge in [-0.05, 0) is 37.6 Å². The molecule has 0 aromatic heterocycles. The van der Waals surface area contributed by atoms with Gasteiger partial charge in [0, 0.05) is 12.1 Å². The van der Waals surface area contributed by atoms with Gasteiger partial charge < -0.3 is 5.11 Å². The Morgan fingerprint density at radius 3 is 3.23 bits per heavy atom. The molecule has 3 heteroatoms. The zero-order valence-electron chi connectivity index (χ0n) is 7.70. The number of nitrogens with zero attached hydrogens (tertiary/aromatic N) is 1. The molecule has 0 amide bonds. The number of hydrogen-bond donors (Lipinski definition) is 1. The van der Waals surface area contributed by atoms with Crippen molar-refractivity contribution in [2.24, 2.45) is 11.8 Å². The Hall–Kier alpha value is -0.570. The lowest BCUT2D eigenvalue weighted by atomic mass is 9.88. The van der Waals surface area contributed by atoms with Crippen LogP contribution in [0, 0.1) is 11.8 Å². The van der Waals surface area contributed by atoms with Crippen LogP contribution in [0.15, 0.2) is 0 Å². The van der Waals surface area contributed by atoms with Gasteiger partial charge in [-0.1, -0.05) is 0 Å². The molecule has 2 aliphatic heterocycles. The standard InChI is InChI=1S/C10H15NO2/c12-9(13)5-10-2-1-3-11(10)6-7-4-8(7)10/h7-8H,1-6H2,(H,12,13). The van der Waals surface area contributed by atoms with Gasteiger partial charge in [0.05, 0.1) is 6.42 Å². The molecule has 3 nitrogen and oxygen atoms in total. The SMILES string of the molecule is O=C(O)CC12CCCN1CC1CC12. The lowest BCUT2D eigenvalue weighted by Crippen LogP contribution is -2.43. The summed E-state index contributed by atoms with van der Waals surface area (Å²) < 4.78 is 0. The highest BCUT2D eigenvalue weighted by Crippen LogP contribution is 2.60. The molecule has 1 aliphatic carbocycles. The molecule has 2 heterocycles. The van der Waals surface area contributed by atoms with Crippen molar-refractivity contribution < 1.29 is 9.90 Å². The van der Waals surface area contributed by atoms with Gasteiger partial charge in [-0.15, -0.1) is 0 Å². The summed E-state index contributed by atoms with van der Waals surface area (Å²) in [5.74, 6) is 0.963. The zero-order valence-corrected chi connectivity index (χ0v) is 7.70. The van der Waals surface area contributed by atoms with E-state index in [1.54, 1.807) is 0 Å². The van der Waals surface area contributed by atoms with Crippen molar-refractivity contribution in [3.8, 4) is 0 Å². The summed E-state index contributed by atoms with van der Waals surface area (Å²) in [7, 11) is 0. The van der Waals surface area contributed by atoms with Gasteiger partial charge in [0.25, 0.3) is 0 Å². The zero-order chi connectivity index (χ0) is 9.05. The Kier molecular flexibility index (Phi) is 1.36. The summed E-state index contributed by atoms with van der Waals surface area (Å²) in [6, 6.07) is 0. The highest BCUT2D eigenvalue weighted by molar-refractivity contribution is 5.69. The third-order valence-electron chi connectivity index (χ3n) is 4.19. The average molecular weight is 181 g/mol. The van der Waals surface area contributed by atoms with Crippen LogP contribution in [0.5, 0.6) is 0 Å². The number of aliphatic carboxylic acids is 1. The fourth-order valence-electron chi connectivity index (χ4n) is 3.63. The van der Waals surface area contributed by atoms with E-state index in [0.29, 0.717) is 6.42 Å². The number of carboxylic acids is 1.